The second kappa shape index (κ2) is 10.7. The fourth-order valence-corrected chi connectivity index (χ4v) is 9.77. The lowest BCUT2D eigenvalue weighted by molar-refractivity contribution is -0.276. The molecule has 0 unspecified atom stereocenters. The van der Waals surface area contributed by atoms with Gasteiger partial charge in [0.1, 0.15) is 30.2 Å². The van der Waals surface area contributed by atoms with E-state index < -0.39 is 39.0 Å². The first kappa shape index (κ1) is 26.7. The van der Waals surface area contributed by atoms with Crippen molar-refractivity contribution in [3.63, 3.8) is 0 Å². The number of ether oxygens (including phenoxy) is 4. The quantitative estimate of drug-likeness (QED) is 0.393. The van der Waals surface area contributed by atoms with Crippen molar-refractivity contribution in [1.82, 2.24) is 0 Å². The van der Waals surface area contributed by atoms with Crippen LogP contribution >= 0.6 is 0 Å². The smallest absolute Gasteiger partial charge is 0.261 e. The van der Waals surface area contributed by atoms with Gasteiger partial charge in [0.25, 0.3) is 8.32 Å². The van der Waals surface area contributed by atoms with Crippen LogP contribution in [0.5, 0.6) is 17.2 Å². The summed E-state index contributed by atoms with van der Waals surface area (Å²) in [4.78, 5) is 0. The van der Waals surface area contributed by atoms with Crippen LogP contribution in [0, 0.1) is 0 Å². The summed E-state index contributed by atoms with van der Waals surface area (Å²) in [6.45, 7) is 6.57. The molecule has 1 fully saturated rings. The average molecular weight is 539 g/mol. The fourth-order valence-electron chi connectivity index (χ4n) is 5.20. The molecule has 3 aromatic carbocycles. The highest BCUT2D eigenvalue weighted by atomic mass is 28.4. The Hall–Kier alpha value is -2.92. The van der Waals surface area contributed by atoms with E-state index in [4.69, 9.17) is 23.4 Å². The van der Waals surface area contributed by atoms with Gasteiger partial charge in [-0.15, -0.1) is 0 Å². The predicted octanol–water partition coefficient (Wildman–Crippen LogP) is 2.18. The minimum absolute atomic E-state index is 0.0147. The van der Waals surface area contributed by atoms with Crippen LogP contribution in [-0.2, 0) is 9.16 Å². The Morgan fingerprint density at radius 1 is 0.789 bits per heavy atom. The molecule has 0 saturated carbocycles. The molecule has 5 atom stereocenters. The van der Waals surface area contributed by atoms with Crippen LogP contribution < -0.4 is 24.6 Å². The van der Waals surface area contributed by atoms with Crippen molar-refractivity contribution in [3.05, 3.63) is 78.9 Å². The number of fused-ring (bicyclic) bond motifs is 1. The summed E-state index contributed by atoms with van der Waals surface area (Å²) < 4.78 is 29.5. The van der Waals surface area contributed by atoms with E-state index >= 15 is 0 Å². The minimum Gasteiger partial charge on any atom is -0.462 e. The highest BCUT2D eigenvalue weighted by Gasteiger charge is 2.52. The van der Waals surface area contributed by atoms with E-state index in [2.05, 4.69) is 45.0 Å². The summed E-state index contributed by atoms with van der Waals surface area (Å²) >= 11 is 0. The van der Waals surface area contributed by atoms with E-state index in [1.807, 2.05) is 36.4 Å². The molecule has 38 heavy (non-hydrogen) atoms. The minimum atomic E-state index is -2.92. The molecule has 2 heterocycles. The molecule has 2 aliphatic heterocycles. The zero-order valence-corrected chi connectivity index (χ0v) is 22.7. The number of aliphatic hydroxyl groups excluding tert-OH is 3. The van der Waals surface area contributed by atoms with Crippen LogP contribution in [-0.4, -0.2) is 67.7 Å². The molecular weight excluding hydrogens is 504 g/mol. The summed E-state index contributed by atoms with van der Waals surface area (Å²) in [5.74, 6) is 1.47. The summed E-state index contributed by atoms with van der Waals surface area (Å²) in [5, 5.41) is 34.1. The molecule has 1 saturated heterocycles. The molecule has 5 rings (SSSR count). The monoisotopic (exact) mass is 538 g/mol. The van der Waals surface area contributed by atoms with Gasteiger partial charge < -0.3 is 38.7 Å². The Labute approximate surface area is 223 Å². The van der Waals surface area contributed by atoms with Crippen molar-refractivity contribution in [1.29, 1.82) is 0 Å². The summed E-state index contributed by atoms with van der Waals surface area (Å²) in [7, 11) is -2.92. The van der Waals surface area contributed by atoms with E-state index in [-0.39, 0.29) is 18.4 Å². The molecule has 0 spiro atoms. The molecule has 3 N–H and O–H groups in total. The van der Waals surface area contributed by atoms with Crippen LogP contribution in [0.1, 0.15) is 20.8 Å². The molecular formula is C29H34O8Si. The highest BCUT2D eigenvalue weighted by Crippen LogP contribution is 2.38. The Morgan fingerprint density at radius 3 is 2.00 bits per heavy atom. The first-order valence-electron chi connectivity index (χ1n) is 12.7. The van der Waals surface area contributed by atoms with Crippen LogP contribution in [0.15, 0.2) is 78.9 Å². The first-order valence-corrected chi connectivity index (χ1v) is 14.6. The SMILES string of the molecule is CC(C)(C)[Si](OC[C@H]1O[C@H](Oc2ccc3c(c2)OCO3)[C@H](O)[C@@H](O)[C@H]1O)(c1ccccc1)c1ccccc1. The van der Waals surface area contributed by atoms with Crippen molar-refractivity contribution in [3.8, 4) is 17.2 Å². The molecule has 3 aromatic rings. The van der Waals surface area contributed by atoms with Crippen molar-refractivity contribution in [2.75, 3.05) is 13.4 Å². The van der Waals surface area contributed by atoms with Gasteiger partial charge in [0.05, 0.1) is 6.61 Å². The molecule has 0 aliphatic carbocycles. The van der Waals surface area contributed by atoms with E-state index in [0.717, 1.165) is 10.4 Å². The van der Waals surface area contributed by atoms with Gasteiger partial charge >= 0.3 is 0 Å². The third-order valence-corrected chi connectivity index (χ3v) is 12.2. The van der Waals surface area contributed by atoms with Gasteiger partial charge in [-0.3, -0.25) is 0 Å². The van der Waals surface area contributed by atoms with Crippen LogP contribution in [0.3, 0.4) is 0 Å². The molecule has 8 nitrogen and oxygen atoms in total. The van der Waals surface area contributed by atoms with E-state index in [9.17, 15) is 15.3 Å². The summed E-state index contributed by atoms with van der Waals surface area (Å²) in [5.41, 5.74) is 0. The summed E-state index contributed by atoms with van der Waals surface area (Å²) in [6, 6.07) is 25.2. The zero-order valence-electron chi connectivity index (χ0n) is 21.7. The molecule has 2 aliphatic rings. The van der Waals surface area contributed by atoms with E-state index in [1.165, 1.54) is 0 Å². The van der Waals surface area contributed by atoms with E-state index in [0.29, 0.717) is 17.2 Å². The van der Waals surface area contributed by atoms with Gasteiger partial charge in [0.15, 0.2) is 11.5 Å². The lowest BCUT2D eigenvalue weighted by atomic mass is 9.99. The molecule has 0 aromatic heterocycles. The third-order valence-electron chi connectivity index (χ3n) is 7.15. The zero-order chi connectivity index (χ0) is 26.9. The lowest BCUT2D eigenvalue weighted by Gasteiger charge is -2.45. The standard InChI is InChI=1S/C29H34O8Si/c1-29(2,3)38(20-10-6-4-7-11-20,21-12-8-5-9-13-21)35-17-24-25(30)26(31)27(32)28(37-24)36-19-14-15-22-23(16-19)34-18-33-22/h4-16,24-28,30-32H,17-18H2,1-3H3/t24-,25+,26+,27-,28+/m1/s1. The van der Waals surface area contributed by atoms with Crippen molar-refractivity contribution >= 4 is 18.7 Å². The van der Waals surface area contributed by atoms with Crippen LogP contribution in [0.25, 0.3) is 0 Å². The number of aliphatic hydroxyl groups is 3. The molecule has 0 bridgehead atoms. The maximum atomic E-state index is 10.9. The van der Waals surface area contributed by atoms with Gasteiger partial charge in [0.2, 0.25) is 13.1 Å². The number of hydrogen-bond acceptors (Lipinski definition) is 8. The topological polar surface area (TPSA) is 107 Å². The van der Waals surface area contributed by atoms with Gasteiger partial charge in [-0.1, -0.05) is 81.4 Å². The molecule has 0 radical (unpaired) electrons. The number of benzene rings is 3. The summed E-state index contributed by atoms with van der Waals surface area (Å²) in [6.07, 6.45) is -6.52. The highest BCUT2D eigenvalue weighted by molar-refractivity contribution is 6.99. The van der Waals surface area contributed by atoms with Gasteiger partial charge in [-0.2, -0.15) is 0 Å². The Bertz CT molecular complexity index is 1180. The Kier molecular flexibility index (Phi) is 7.50. The molecule has 9 heteroatoms. The Morgan fingerprint density at radius 2 is 1.39 bits per heavy atom. The van der Waals surface area contributed by atoms with Crippen molar-refractivity contribution in [2.45, 2.75) is 56.5 Å². The van der Waals surface area contributed by atoms with Crippen LogP contribution in [0.2, 0.25) is 5.04 Å². The predicted molar refractivity (Wildman–Crippen MR) is 143 cm³/mol. The van der Waals surface area contributed by atoms with Gasteiger partial charge in [0, 0.05) is 6.07 Å². The average Bonchev–Trinajstić information content (AvgIpc) is 3.38. The van der Waals surface area contributed by atoms with Gasteiger partial charge in [-0.05, 0) is 27.5 Å². The Balaban J connectivity index is 1.42. The normalized spacial score (nSPS) is 25.3. The largest absolute Gasteiger partial charge is 0.462 e. The number of hydrogen-bond donors (Lipinski definition) is 3. The maximum Gasteiger partial charge on any atom is 0.261 e. The molecule has 0 amide bonds. The van der Waals surface area contributed by atoms with Crippen molar-refractivity contribution < 1.29 is 38.7 Å². The lowest BCUT2D eigenvalue weighted by Crippen LogP contribution is -2.68. The second-order valence-electron chi connectivity index (χ2n) is 10.6. The molecule has 202 valence electrons. The van der Waals surface area contributed by atoms with Crippen LogP contribution in [0.4, 0.5) is 0 Å². The fraction of sp³-hybridized carbons (Fsp3) is 0.379. The number of rotatable bonds is 7. The first-order chi connectivity index (χ1) is 18.2. The third kappa shape index (κ3) is 4.93. The maximum absolute atomic E-state index is 10.9. The second-order valence-corrected chi connectivity index (χ2v) is 14.9. The van der Waals surface area contributed by atoms with Gasteiger partial charge in [-0.25, -0.2) is 0 Å². The van der Waals surface area contributed by atoms with E-state index in [1.54, 1.807) is 18.2 Å². The van der Waals surface area contributed by atoms with Crippen molar-refractivity contribution in [2.24, 2.45) is 0 Å².